The van der Waals surface area contributed by atoms with Crippen LogP contribution in [0.25, 0.3) is 0 Å². The van der Waals surface area contributed by atoms with Crippen LogP contribution in [0.15, 0.2) is 70.2 Å². The summed E-state index contributed by atoms with van der Waals surface area (Å²) in [5.41, 5.74) is 4.05. The molecular formula is C21H16BrCl2N3O4. The molecule has 0 saturated carbocycles. The van der Waals surface area contributed by atoms with Crippen LogP contribution in [0, 0.1) is 10.1 Å². The lowest BCUT2D eigenvalue weighted by Crippen LogP contribution is -2.09. The number of nitrogens with zero attached hydrogens (tertiary/aromatic N) is 2. The maximum atomic E-state index is 10.7. The van der Waals surface area contributed by atoms with Crippen molar-refractivity contribution < 1.29 is 14.4 Å². The Morgan fingerprint density at radius 3 is 2.23 bits per heavy atom. The second-order valence-corrected chi connectivity index (χ2v) is 7.87. The van der Waals surface area contributed by atoms with E-state index in [9.17, 15) is 10.1 Å². The topological polar surface area (TPSA) is 86.0 Å². The maximum Gasteiger partial charge on any atom is 0.269 e. The molecule has 0 heterocycles. The molecule has 0 aliphatic rings. The van der Waals surface area contributed by atoms with Crippen LogP contribution in [0.3, 0.4) is 0 Å². The summed E-state index contributed by atoms with van der Waals surface area (Å²) < 4.78 is 12.2. The molecule has 3 rings (SSSR count). The van der Waals surface area contributed by atoms with Gasteiger partial charge in [0.05, 0.1) is 26.9 Å². The van der Waals surface area contributed by atoms with Gasteiger partial charge in [-0.25, -0.2) is 0 Å². The Morgan fingerprint density at radius 2 is 1.61 bits per heavy atom. The molecule has 1 N–H and O–H groups in total. The van der Waals surface area contributed by atoms with Gasteiger partial charge in [-0.2, -0.15) is 5.10 Å². The summed E-state index contributed by atoms with van der Waals surface area (Å²) in [7, 11) is 0. The first-order chi connectivity index (χ1) is 14.9. The van der Waals surface area contributed by atoms with Gasteiger partial charge >= 0.3 is 0 Å². The molecule has 0 saturated heterocycles. The van der Waals surface area contributed by atoms with E-state index in [0.717, 1.165) is 10.2 Å². The van der Waals surface area contributed by atoms with Gasteiger partial charge in [-0.05, 0) is 54.1 Å². The van der Waals surface area contributed by atoms with Crippen LogP contribution < -0.4 is 14.9 Å². The first kappa shape index (κ1) is 22.9. The summed E-state index contributed by atoms with van der Waals surface area (Å²) in [4.78, 5) is 10.2. The van der Waals surface area contributed by atoms with Crippen molar-refractivity contribution in [2.45, 2.75) is 0 Å². The average molecular weight is 525 g/mol. The lowest BCUT2D eigenvalue weighted by atomic mass is 10.2. The first-order valence-electron chi connectivity index (χ1n) is 8.96. The van der Waals surface area contributed by atoms with E-state index in [0.29, 0.717) is 33.7 Å². The van der Waals surface area contributed by atoms with Gasteiger partial charge in [0.15, 0.2) is 5.75 Å². The van der Waals surface area contributed by atoms with Crippen molar-refractivity contribution in [1.29, 1.82) is 0 Å². The molecule has 160 valence electrons. The van der Waals surface area contributed by atoms with Crippen LogP contribution in [0.2, 0.25) is 10.0 Å². The number of anilines is 1. The van der Waals surface area contributed by atoms with Gasteiger partial charge in [-0.3, -0.25) is 15.5 Å². The second kappa shape index (κ2) is 11.0. The van der Waals surface area contributed by atoms with Crippen molar-refractivity contribution in [3.63, 3.8) is 0 Å². The highest BCUT2D eigenvalue weighted by molar-refractivity contribution is 9.10. The average Bonchev–Trinajstić information content (AvgIpc) is 2.74. The van der Waals surface area contributed by atoms with E-state index in [4.69, 9.17) is 32.7 Å². The minimum atomic E-state index is -0.465. The zero-order valence-electron chi connectivity index (χ0n) is 15.9. The third kappa shape index (κ3) is 6.85. The van der Waals surface area contributed by atoms with E-state index in [1.165, 1.54) is 18.3 Å². The fourth-order valence-electron chi connectivity index (χ4n) is 2.47. The third-order valence-corrected chi connectivity index (χ3v) is 5.01. The Kier molecular flexibility index (Phi) is 8.11. The van der Waals surface area contributed by atoms with Crippen molar-refractivity contribution >= 4 is 56.7 Å². The molecule has 0 atom stereocenters. The number of nitro benzene ring substituents is 1. The summed E-state index contributed by atoms with van der Waals surface area (Å²) in [6.07, 6.45) is 1.53. The van der Waals surface area contributed by atoms with Crippen molar-refractivity contribution in [3.8, 4) is 11.5 Å². The van der Waals surface area contributed by atoms with E-state index < -0.39 is 4.92 Å². The normalized spacial score (nSPS) is 10.8. The standard InChI is InChI=1S/C21H16BrCl2N3O4/c22-15-1-7-18(8-2-15)30-9-10-31-21-19(23)11-14(12-20(21)24)13-25-26-16-3-5-17(6-4-16)27(28)29/h1-8,11-13,26H,9-10H2/b25-13-. The quantitative estimate of drug-likeness (QED) is 0.148. The molecule has 10 heteroatoms. The number of hydrogen-bond donors (Lipinski definition) is 1. The fourth-order valence-corrected chi connectivity index (χ4v) is 3.34. The molecule has 0 aromatic heterocycles. The van der Waals surface area contributed by atoms with Gasteiger partial charge in [0.1, 0.15) is 19.0 Å². The fraction of sp³-hybridized carbons (Fsp3) is 0.0952. The van der Waals surface area contributed by atoms with E-state index in [1.54, 1.807) is 24.3 Å². The first-order valence-corrected chi connectivity index (χ1v) is 10.5. The predicted octanol–water partition coefficient (Wildman–Crippen LogP) is 6.57. The van der Waals surface area contributed by atoms with Crippen molar-refractivity contribution in [3.05, 3.63) is 90.9 Å². The van der Waals surface area contributed by atoms with Gasteiger partial charge in [0.2, 0.25) is 0 Å². The molecule has 0 aliphatic heterocycles. The highest BCUT2D eigenvalue weighted by Gasteiger charge is 2.09. The number of ether oxygens (including phenoxy) is 2. The van der Waals surface area contributed by atoms with Gasteiger partial charge in [0, 0.05) is 16.6 Å². The molecular weight excluding hydrogens is 509 g/mol. The number of halogens is 3. The van der Waals surface area contributed by atoms with Crippen LogP contribution in [0.1, 0.15) is 5.56 Å². The van der Waals surface area contributed by atoms with E-state index in [1.807, 2.05) is 24.3 Å². The summed E-state index contributed by atoms with van der Waals surface area (Å²) in [5, 5.41) is 15.4. The maximum absolute atomic E-state index is 10.7. The highest BCUT2D eigenvalue weighted by Crippen LogP contribution is 2.34. The minimum absolute atomic E-state index is 0.00548. The van der Waals surface area contributed by atoms with Crippen molar-refractivity contribution in [2.75, 3.05) is 18.6 Å². The molecule has 0 radical (unpaired) electrons. The number of nitrogens with one attached hydrogen (secondary N) is 1. The zero-order chi connectivity index (χ0) is 22.2. The zero-order valence-corrected chi connectivity index (χ0v) is 19.0. The van der Waals surface area contributed by atoms with Gasteiger partial charge in [-0.1, -0.05) is 39.1 Å². The van der Waals surface area contributed by atoms with Crippen molar-refractivity contribution in [2.24, 2.45) is 5.10 Å². The summed E-state index contributed by atoms with van der Waals surface area (Å²) >= 11 is 15.9. The molecule has 0 bridgehead atoms. The molecule has 3 aromatic rings. The second-order valence-electron chi connectivity index (χ2n) is 6.14. The van der Waals surface area contributed by atoms with Crippen LogP contribution in [-0.2, 0) is 0 Å². The molecule has 7 nitrogen and oxygen atoms in total. The number of hydrogen-bond acceptors (Lipinski definition) is 6. The van der Waals surface area contributed by atoms with Gasteiger partial charge in [0.25, 0.3) is 5.69 Å². The lowest BCUT2D eigenvalue weighted by molar-refractivity contribution is -0.384. The van der Waals surface area contributed by atoms with Gasteiger partial charge < -0.3 is 9.47 Å². The van der Waals surface area contributed by atoms with Crippen LogP contribution in [0.4, 0.5) is 11.4 Å². The van der Waals surface area contributed by atoms with Gasteiger partial charge in [-0.15, -0.1) is 0 Å². The third-order valence-electron chi connectivity index (χ3n) is 3.92. The SMILES string of the molecule is O=[N+]([O-])c1ccc(N/N=C\c2cc(Cl)c(OCCOc3ccc(Br)cc3)c(Cl)c2)cc1. The number of nitro groups is 1. The molecule has 0 amide bonds. The van der Waals surface area contributed by atoms with Crippen LogP contribution >= 0.6 is 39.1 Å². The largest absolute Gasteiger partial charge is 0.490 e. The Labute approximate surface area is 196 Å². The summed E-state index contributed by atoms with van der Waals surface area (Å²) in [5.74, 6) is 1.10. The molecule has 3 aromatic carbocycles. The van der Waals surface area contributed by atoms with Crippen molar-refractivity contribution in [1.82, 2.24) is 0 Å². The minimum Gasteiger partial charge on any atom is -0.490 e. The molecule has 0 unspecified atom stereocenters. The molecule has 31 heavy (non-hydrogen) atoms. The van der Waals surface area contributed by atoms with E-state index >= 15 is 0 Å². The van der Waals surface area contributed by atoms with E-state index in [2.05, 4.69) is 26.5 Å². The van der Waals surface area contributed by atoms with E-state index in [-0.39, 0.29) is 12.3 Å². The monoisotopic (exact) mass is 523 g/mol. The number of rotatable bonds is 9. The molecule has 0 aliphatic carbocycles. The van der Waals surface area contributed by atoms with Crippen LogP contribution in [-0.4, -0.2) is 24.4 Å². The Balaban J connectivity index is 1.53. The molecule has 0 fully saturated rings. The Morgan fingerprint density at radius 1 is 1.00 bits per heavy atom. The lowest BCUT2D eigenvalue weighted by Gasteiger charge is -2.12. The number of benzene rings is 3. The predicted molar refractivity (Wildman–Crippen MR) is 126 cm³/mol. The smallest absolute Gasteiger partial charge is 0.269 e. The Bertz CT molecular complexity index is 1050. The Hall–Kier alpha value is -2.81. The van der Waals surface area contributed by atoms with Crippen LogP contribution in [0.5, 0.6) is 11.5 Å². The highest BCUT2D eigenvalue weighted by atomic mass is 79.9. The molecule has 0 spiro atoms. The summed E-state index contributed by atoms with van der Waals surface area (Å²) in [6, 6.07) is 16.7. The number of hydrazone groups is 1. The summed E-state index contributed by atoms with van der Waals surface area (Å²) in [6.45, 7) is 0.599. The number of non-ortho nitro benzene ring substituents is 1.